The summed E-state index contributed by atoms with van der Waals surface area (Å²) < 4.78 is 26.6. The van der Waals surface area contributed by atoms with Gasteiger partial charge in [-0.05, 0) is 134 Å². The van der Waals surface area contributed by atoms with Crippen LogP contribution in [0.2, 0.25) is 0 Å². The molecular weight excluding hydrogens is 765 g/mol. The van der Waals surface area contributed by atoms with Crippen LogP contribution in [-0.2, 0) is 25.5 Å². The lowest BCUT2D eigenvalue weighted by molar-refractivity contribution is -0.138. The smallest absolute Gasteiger partial charge is 0.343 e. The average molecular weight is 827 g/mol. The summed E-state index contributed by atoms with van der Waals surface area (Å²) in [7, 11) is 0. The molecule has 5 rings (SSSR count). The molecule has 1 fully saturated rings. The number of hydrogen-bond donors (Lipinski definition) is 0. The Morgan fingerprint density at radius 3 is 1.61 bits per heavy atom. The Kier molecular flexibility index (Phi) is 21.6. The minimum Gasteiger partial charge on any atom is -0.493 e. The quantitative estimate of drug-likeness (QED) is 0.0269. The molecule has 322 valence electrons. The van der Waals surface area contributed by atoms with Gasteiger partial charge in [0, 0.05) is 36.1 Å². The highest BCUT2D eigenvalue weighted by atomic mass is 16.5. The number of esters is 3. The van der Waals surface area contributed by atoms with Gasteiger partial charge >= 0.3 is 17.9 Å². The van der Waals surface area contributed by atoms with Gasteiger partial charge in [0.25, 0.3) is 0 Å². The van der Waals surface area contributed by atoms with Crippen LogP contribution in [0, 0.1) is 17.8 Å². The summed E-state index contributed by atoms with van der Waals surface area (Å²) in [6.45, 7) is 12.7. The molecule has 0 spiro atoms. The second-order valence-corrected chi connectivity index (χ2v) is 15.1. The van der Waals surface area contributed by atoms with Crippen molar-refractivity contribution in [1.29, 1.82) is 0 Å². The highest BCUT2D eigenvalue weighted by Gasteiger charge is 2.22. The van der Waals surface area contributed by atoms with Gasteiger partial charge in [-0.2, -0.15) is 0 Å². The first-order valence-corrected chi connectivity index (χ1v) is 21.8. The summed E-state index contributed by atoms with van der Waals surface area (Å²) in [5.41, 5.74) is 5.14. The first-order chi connectivity index (χ1) is 29.8. The Morgan fingerprint density at radius 2 is 1.10 bits per heavy atom. The van der Waals surface area contributed by atoms with E-state index in [1.807, 2.05) is 36.4 Å². The van der Waals surface area contributed by atoms with Gasteiger partial charge in [-0.3, -0.25) is 0 Å². The maximum atomic E-state index is 12.5. The molecule has 1 saturated carbocycles. The fourth-order valence-electron chi connectivity index (χ4n) is 6.93. The Bertz CT molecular complexity index is 1980. The molecule has 0 N–H and O–H groups in total. The molecule has 8 heteroatoms. The molecule has 0 aliphatic heterocycles. The van der Waals surface area contributed by atoms with E-state index in [1.165, 1.54) is 68.9 Å². The molecule has 0 radical (unpaired) electrons. The maximum Gasteiger partial charge on any atom is 0.343 e. The van der Waals surface area contributed by atoms with E-state index in [0.29, 0.717) is 55.6 Å². The minimum atomic E-state index is -0.443. The molecule has 0 heterocycles. The van der Waals surface area contributed by atoms with Crippen molar-refractivity contribution in [2.45, 2.75) is 96.8 Å². The van der Waals surface area contributed by atoms with Crippen molar-refractivity contribution in [2.24, 2.45) is 5.92 Å². The number of unbranched alkanes of at least 4 members (excludes halogenated alkanes) is 2. The Balaban J connectivity index is 0.000000272. The second-order valence-electron chi connectivity index (χ2n) is 15.1. The van der Waals surface area contributed by atoms with Crippen molar-refractivity contribution in [3.63, 3.8) is 0 Å². The van der Waals surface area contributed by atoms with Crippen LogP contribution in [0.5, 0.6) is 17.2 Å². The molecule has 0 aromatic heterocycles. The number of benzene rings is 4. The lowest BCUT2D eigenvalue weighted by Crippen LogP contribution is -2.13. The maximum absolute atomic E-state index is 12.5. The predicted molar refractivity (Wildman–Crippen MR) is 242 cm³/mol. The van der Waals surface area contributed by atoms with Crippen LogP contribution in [0.1, 0.15) is 123 Å². The Labute approximate surface area is 363 Å². The number of hydrogen-bond acceptors (Lipinski definition) is 8. The highest BCUT2D eigenvalue weighted by molar-refractivity contribution is 5.91. The topological polar surface area (TPSA) is 97.4 Å². The zero-order chi connectivity index (χ0) is 43.5. The van der Waals surface area contributed by atoms with E-state index in [2.05, 4.69) is 75.2 Å². The third kappa shape index (κ3) is 18.4. The van der Waals surface area contributed by atoms with Crippen LogP contribution in [0.3, 0.4) is 0 Å². The summed E-state index contributed by atoms with van der Waals surface area (Å²) in [6, 6.07) is 31.0. The van der Waals surface area contributed by atoms with Gasteiger partial charge in [-0.1, -0.05) is 88.8 Å². The number of rotatable bonds is 21. The van der Waals surface area contributed by atoms with Crippen LogP contribution < -0.4 is 14.2 Å². The lowest BCUT2D eigenvalue weighted by Gasteiger charge is -2.28. The summed E-state index contributed by atoms with van der Waals surface area (Å²) >= 11 is 0. The molecule has 0 amide bonds. The summed E-state index contributed by atoms with van der Waals surface area (Å²) in [5, 5.41) is 0. The third-order valence-electron chi connectivity index (χ3n) is 10.4. The van der Waals surface area contributed by atoms with Gasteiger partial charge in [0.1, 0.15) is 17.2 Å². The molecule has 0 atom stereocenters. The van der Waals surface area contributed by atoms with E-state index in [1.54, 1.807) is 24.3 Å². The van der Waals surface area contributed by atoms with Crippen molar-refractivity contribution in [3.8, 4) is 29.1 Å². The fraction of sp³-hybridized carbons (Fsp3) is 0.377. The number of carbonyl (C=O) groups excluding carboxylic acids is 3. The molecule has 61 heavy (non-hydrogen) atoms. The predicted octanol–water partition coefficient (Wildman–Crippen LogP) is 11.8. The van der Waals surface area contributed by atoms with Gasteiger partial charge in [-0.15, -0.1) is 0 Å². The number of carbonyl (C=O) groups is 3. The Hall–Kier alpha value is -6.07. The van der Waals surface area contributed by atoms with Gasteiger partial charge in [0.05, 0.1) is 32.0 Å². The monoisotopic (exact) mass is 826 g/mol. The first kappa shape index (κ1) is 47.6. The first-order valence-electron chi connectivity index (χ1n) is 21.8. The van der Waals surface area contributed by atoms with E-state index in [4.69, 9.17) is 23.7 Å². The molecule has 1 aliphatic rings. The molecule has 0 bridgehead atoms. The highest BCUT2D eigenvalue weighted by Crippen LogP contribution is 2.38. The molecule has 4 aromatic carbocycles. The van der Waals surface area contributed by atoms with Crippen LogP contribution >= 0.6 is 0 Å². The fourth-order valence-corrected chi connectivity index (χ4v) is 6.93. The van der Waals surface area contributed by atoms with Gasteiger partial charge in [-0.25, -0.2) is 14.4 Å². The standard InChI is InChI=1S/C28H34O5.C25H28O3/c1-3-6-21-7-9-22(10-8-21)23-11-17-26(18-12-23)33-28(30)24-13-15-25(16-14-24)31-19-5-20-32-27(29)4-2;1-3-5-6-8-21-9-11-22(12-10-21)13-14-23-15-17-24(18-16-23)27-19-7-20-28-25(26)4-2/h4,11-18,21-22H,2-3,5-10,19-20H2,1H3;4,9-12,15-18H,2-3,5-8,19-20H2,1H3. The van der Waals surface area contributed by atoms with E-state index >= 15 is 0 Å². The molecule has 8 nitrogen and oxygen atoms in total. The van der Waals surface area contributed by atoms with Crippen molar-refractivity contribution in [3.05, 3.63) is 150 Å². The Morgan fingerprint density at radius 1 is 0.590 bits per heavy atom. The zero-order valence-corrected chi connectivity index (χ0v) is 36.0. The lowest BCUT2D eigenvalue weighted by atomic mass is 9.77. The SMILES string of the molecule is C=CC(=O)OCCCOc1ccc(C#Cc2ccc(CCCCC)cc2)cc1.C=CC(=O)OCCCOc1ccc(C(=O)Oc2ccc(C3CCC(CCC)CC3)cc2)cc1. The minimum absolute atomic E-state index is 0.272. The van der Waals surface area contributed by atoms with Gasteiger partial charge in [0.2, 0.25) is 0 Å². The zero-order valence-electron chi connectivity index (χ0n) is 36.0. The second kappa shape index (κ2) is 27.6. The van der Waals surface area contributed by atoms with Gasteiger partial charge < -0.3 is 23.7 Å². The number of ether oxygens (including phenoxy) is 5. The third-order valence-corrected chi connectivity index (χ3v) is 10.4. The van der Waals surface area contributed by atoms with Crippen molar-refractivity contribution in [2.75, 3.05) is 26.4 Å². The summed E-state index contributed by atoms with van der Waals surface area (Å²) in [4.78, 5) is 34.4. The van der Waals surface area contributed by atoms with Crippen LogP contribution in [0.4, 0.5) is 0 Å². The van der Waals surface area contributed by atoms with Crippen LogP contribution in [0.15, 0.2) is 122 Å². The van der Waals surface area contributed by atoms with Crippen molar-refractivity contribution >= 4 is 17.9 Å². The molecule has 0 saturated heterocycles. The summed E-state index contributed by atoms with van der Waals surface area (Å²) in [5.74, 6) is 8.61. The summed E-state index contributed by atoms with van der Waals surface area (Å²) in [6.07, 6.45) is 16.2. The molecule has 1 aliphatic carbocycles. The number of aryl methyl sites for hydroxylation is 1. The van der Waals surface area contributed by atoms with Crippen LogP contribution in [0.25, 0.3) is 0 Å². The van der Waals surface area contributed by atoms with E-state index in [-0.39, 0.29) is 6.61 Å². The van der Waals surface area contributed by atoms with E-state index < -0.39 is 17.9 Å². The van der Waals surface area contributed by atoms with Crippen LogP contribution in [-0.4, -0.2) is 44.3 Å². The van der Waals surface area contributed by atoms with Crippen molar-refractivity contribution in [1.82, 2.24) is 0 Å². The normalized spacial score (nSPS) is 14.1. The average Bonchev–Trinajstić information content (AvgIpc) is 3.30. The molecule has 4 aromatic rings. The molecular formula is C53H62O8. The largest absolute Gasteiger partial charge is 0.493 e. The van der Waals surface area contributed by atoms with Gasteiger partial charge in [0.15, 0.2) is 0 Å². The van der Waals surface area contributed by atoms with Crippen molar-refractivity contribution < 1.29 is 38.1 Å². The van der Waals surface area contributed by atoms with E-state index in [0.717, 1.165) is 41.4 Å². The van der Waals surface area contributed by atoms with E-state index in [9.17, 15) is 14.4 Å². The molecule has 0 unspecified atom stereocenters.